The molecule has 1 heterocycles. The minimum Gasteiger partial charge on any atom is -0.494 e. The molecule has 17 heavy (non-hydrogen) atoms. The second-order valence-electron chi connectivity index (χ2n) is 3.71. The molecule has 0 aliphatic carbocycles. The van der Waals surface area contributed by atoms with Crippen LogP contribution in [0.2, 0.25) is 0 Å². The highest BCUT2D eigenvalue weighted by atomic mass is 19.1. The van der Waals surface area contributed by atoms with Gasteiger partial charge in [-0.15, -0.1) is 0 Å². The molecule has 0 saturated heterocycles. The van der Waals surface area contributed by atoms with Gasteiger partial charge >= 0.3 is 0 Å². The van der Waals surface area contributed by atoms with Gasteiger partial charge in [-0.1, -0.05) is 0 Å². The highest BCUT2D eigenvalue weighted by molar-refractivity contribution is 5.56. The van der Waals surface area contributed by atoms with Crippen LogP contribution in [0.25, 0.3) is 0 Å². The number of ether oxygens (including phenoxy) is 1. The van der Waals surface area contributed by atoms with E-state index in [2.05, 4.69) is 5.32 Å². The molecule has 1 aromatic carbocycles. The van der Waals surface area contributed by atoms with E-state index in [1.165, 1.54) is 19.2 Å². The second kappa shape index (κ2) is 4.91. The lowest BCUT2D eigenvalue weighted by Gasteiger charge is -2.09. The minimum absolute atomic E-state index is 0.318. The molecule has 90 valence electrons. The van der Waals surface area contributed by atoms with Crippen molar-refractivity contribution in [2.75, 3.05) is 12.4 Å². The number of rotatable bonds is 4. The van der Waals surface area contributed by atoms with Crippen molar-refractivity contribution < 1.29 is 13.5 Å². The first-order valence-electron chi connectivity index (χ1n) is 5.32. The predicted octanol–water partition coefficient (Wildman–Crippen LogP) is 3.35. The average Bonchev–Trinajstić information content (AvgIpc) is 2.73. The van der Waals surface area contributed by atoms with E-state index >= 15 is 0 Å². The zero-order valence-electron chi connectivity index (χ0n) is 9.79. The van der Waals surface area contributed by atoms with Crippen LogP contribution < -0.4 is 10.1 Å². The van der Waals surface area contributed by atoms with Gasteiger partial charge in [0.1, 0.15) is 23.1 Å². The fourth-order valence-electron chi connectivity index (χ4n) is 1.57. The van der Waals surface area contributed by atoms with Gasteiger partial charge in [-0.25, -0.2) is 4.39 Å². The van der Waals surface area contributed by atoms with Crippen molar-refractivity contribution in [1.82, 2.24) is 0 Å². The molecule has 0 aliphatic rings. The third-order valence-corrected chi connectivity index (χ3v) is 2.41. The molecule has 4 heteroatoms. The molecule has 0 bridgehead atoms. The van der Waals surface area contributed by atoms with Crippen LogP contribution in [0, 0.1) is 12.7 Å². The Kier molecular flexibility index (Phi) is 3.32. The van der Waals surface area contributed by atoms with Crippen molar-refractivity contribution in [3.8, 4) is 5.75 Å². The molecule has 0 fully saturated rings. The van der Waals surface area contributed by atoms with E-state index in [4.69, 9.17) is 9.15 Å². The van der Waals surface area contributed by atoms with E-state index in [0.717, 1.165) is 17.2 Å². The highest BCUT2D eigenvalue weighted by Gasteiger charge is 2.05. The maximum Gasteiger partial charge on any atom is 0.144 e. The van der Waals surface area contributed by atoms with Crippen LogP contribution in [0.4, 0.5) is 10.1 Å². The molecule has 0 unspecified atom stereocenters. The molecule has 2 rings (SSSR count). The summed E-state index contributed by atoms with van der Waals surface area (Å²) in [5.41, 5.74) is 0.739. The number of halogens is 1. The molecule has 1 aromatic heterocycles. The molecule has 0 amide bonds. The zero-order valence-corrected chi connectivity index (χ0v) is 9.79. The molecular weight excluding hydrogens is 221 g/mol. The number of hydrogen-bond donors (Lipinski definition) is 1. The summed E-state index contributed by atoms with van der Waals surface area (Å²) in [6, 6.07) is 8.18. The van der Waals surface area contributed by atoms with E-state index in [1.54, 1.807) is 6.07 Å². The smallest absolute Gasteiger partial charge is 0.144 e. The first kappa shape index (κ1) is 11.5. The maximum absolute atomic E-state index is 13.0. The van der Waals surface area contributed by atoms with E-state index < -0.39 is 0 Å². The van der Waals surface area contributed by atoms with Gasteiger partial charge < -0.3 is 14.5 Å². The van der Waals surface area contributed by atoms with Crippen molar-refractivity contribution in [3.63, 3.8) is 0 Å². The van der Waals surface area contributed by atoms with Crippen LogP contribution in [-0.2, 0) is 6.54 Å². The number of furan rings is 1. The lowest BCUT2D eigenvalue weighted by Crippen LogP contribution is -2.00. The summed E-state index contributed by atoms with van der Waals surface area (Å²) in [6.07, 6.45) is 0. The quantitative estimate of drug-likeness (QED) is 0.882. The van der Waals surface area contributed by atoms with Crippen LogP contribution in [0.5, 0.6) is 5.75 Å². The van der Waals surface area contributed by atoms with Crippen LogP contribution in [0.15, 0.2) is 34.7 Å². The van der Waals surface area contributed by atoms with Gasteiger partial charge in [0.15, 0.2) is 0 Å². The summed E-state index contributed by atoms with van der Waals surface area (Å²) in [4.78, 5) is 0. The monoisotopic (exact) mass is 235 g/mol. The number of methoxy groups -OCH3 is 1. The highest BCUT2D eigenvalue weighted by Crippen LogP contribution is 2.25. The van der Waals surface area contributed by atoms with E-state index in [1.807, 2.05) is 19.1 Å². The summed E-state index contributed by atoms with van der Waals surface area (Å²) in [7, 11) is 1.51. The third kappa shape index (κ3) is 2.78. The topological polar surface area (TPSA) is 34.4 Å². The zero-order chi connectivity index (χ0) is 12.3. The molecule has 0 radical (unpaired) electrons. The summed E-state index contributed by atoms with van der Waals surface area (Å²) in [6.45, 7) is 2.43. The Morgan fingerprint density at radius 3 is 2.76 bits per heavy atom. The standard InChI is InChI=1S/C13H14FNO2/c1-9-3-5-11(17-9)8-15-12-6-4-10(14)7-13(12)16-2/h3-7,15H,8H2,1-2H3. The molecule has 0 aliphatic heterocycles. The Morgan fingerprint density at radius 1 is 1.29 bits per heavy atom. The van der Waals surface area contributed by atoms with E-state index in [0.29, 0.717) is 12.3 Å². The Bertz CT molecular complexity index is 508. The summed E-state index contributed by atoms with van der Waals surface area (Å²) < 4.78 is 23.5. The summed E-state index contributed by atoms with van der Waals surface area (Å²) in [5.74, 6) is 1.86. The van der Waals surface area contributed by atoms with Crippen molar-refractivity contribution in [1.29, 1.82) is 0 Å². The molecule has 0 spiro atoms. The van der Waals surface area contributed by atoms with Crippen LogP contribution in [-0.4, -0.2) is 7.11 Å². The van der Waals surface area contributed by atoms with Crippen LogP contribution in [0.1, 0.15) is 11.5 Å². The van der Waals surface area contributed by atoms with Gasteiger partial charge in [0.2, 0.25) is 0 Å². The Hall–Kier alpha value is -1.97. The van der Waals surface area contributed by atoms with E-state index in [9.17, 15) is 4.39 Å². The lowest BCUT2D eigenvalue weighted by molar-refractivity contribution is 0.412. The molecule has 3 nitrogen and oxygen atoms in total. The second-order valence-corrected chi connectivity index (χ2v) is 3.71. The number of aryl methyl sites for hydroxylation is 1. The fraction of sp³-hybridized carbons (Fsp3) is 0.231. The molecule has 0 saturated carbocycles. The van der Waals surface area contributed by atoms with Crippen molar-refractivity contribution in [2.45, 2.75) is 13.5 Å². The molecular formula is C13H14FNO2. The van der Waals surface area contributed by atoms with Gasteiger partial charge in [0.25, 0.3) is 0 Å². The predicted molar refractivity (Wildman–Crippen MR) is 63.7 cm³/mol. The average molecular weight is 235 g/mol. The Morgan fingerprint density at radius 2 is 2.12 bits per heavy atom. The maximum atomic E-state index is 13.0. The normalized spacial score (nSPS) is 10.3. The first-order chi connectivity index (χ1) is 8.19. The van der Waals surface area contributed by atoms with Crippen molar-refractivity contribution in [3.05, 3.63) is 47.7 Å². The van der Waals surface area contributed by atoms with Crippen molar-refractivity contribution in [2.24, 2.45) is 0 Å². The van der Waals surface area contributed by atoms with Gasteiger partial charge in [-0.05, 0) is 31.2 Å². The Labute approximate surface area is 99.2 Å². The minimum atomic E-state index is -0.318. The number of nitrogens with one attached hydrogen (secondary N) is 1. The van der Waals surface area contributed by atoms with E-state index in [-0.39, 0.29) is 5.82 Å². The Balaban J connectivity index is 2.08. The fourth-order valence-corrected chi connectivity index (χ4v) is 1.57. The lowest BCUT2D eigenvalue weighted by atomic mass is 10.2. The molecule has 0 atom stereocenters. The first-order valence-corrected chi connectivity index (χ1v) is 5.32. The number of hydrogen-bond acceptors (Lipinski definition) is 3. The summed E-state index contributed by atoms with van der Waals surface area (Å²) >= 11 is 0. The van der Waals surface area contributed by atoms with Gasteiger partial charge in [-0.2, -0.15) is 0 Å². The van der Waals surface area contributed by atoms with Crippen LogP contribution in [0.3, 0.4) is 0 Å². The number of anilines is 1. The number of benzene rings is 1. The third-order valence-electron chi connectivity index (χ3n) is 2.41. The molecule has 1 N–H and O–H groups in total. The summed E-state index contributed by atoms with van der Waals surface area (Å²) in [5, 5.41) is 3.14. The van der Waals surface area contributed by atoms with Gasteiger partial charge in [0, 0.05) is 6.07 Å². The molecule has 2 aromatic rings. The van der Waals surface area contributed by atoms with Gasteiger partial charge in [-0.3, -0.25) is 0 Å². The SMILES string of the molecule is COc1cc(F)ccc1NCc1ccc(C)o1. The van der Waals surface area contributed by atoms with Crippen molar-refractivity contribution >= 4 is 5.69 Å². The largest absolute Gasteiger partial charge is 0.494 e. The van der Waals surface area contributed by atoms with Gasteiger partial charge in [0.05, 0.1) is 19.3 Å². The van der Waals surface area contributed by atoms with Crippen LogP contribution >= 0.6 is 0 Å².